The van der Waals surface area contributed by atoms with Crippen LogP contribution in [0.5, 0.6) is 5.75 Å². The van der Waals surface area contributed by atoms with Gasteiger partial charge in [-0.1, -0.05) is 85.4 Å². The number of rotatable bonds is 11. The summed E-state index contributed by atoms with van der Waals surface area (Å²) in [6, 6.07) is 20.1. The van der Waals surface area contributed by atoms with E-state index in [0.717, 1.165) is 47.7 Å². The van der Waals surface area contributed by atoms with Crippen molar-refractivity contribution in [1.82, 2.24) is 10.2 Å². The second kappa shape index (κ2) is 14.2. The molecule has 0 aliphatic heterocycles. The van der Waals surface area contributed by atoms with Gasteiger partial charge in [0.25, 0.3) is 5.91 Å². The van der Waals surface area contributed by atoms with Crippen LogP contribution in [-0.4, -0.2) is 35.4 Å². The van der Waals surface area contributed by atoms with Crippen LogP contribution in [0, 0.1) is 0 Å². The van der Waals surface area contributed by atoms with Gasteiger partial charge in [0, 0.05) is 34.6 Å². The third-order valence-electron chi connectivity index (χ3n) is 7.12. The minimum absolute atomic E-state index is 0.0756. The van der Waals surface area contributed by atoms with Crippen LogP contribution in [0.3, 0.4) is 0 Å². The number of nitrogens with zero attached hydrogens (tertiary/aromatic N) is 1. The van der Waals surface area contributed by atoms with Crippen LogP contribution < -0.4 is 10.1 Å². The lowest BCUT2D eigenvalue weighted by Crippen LogP contribution is -2.53. The first kappa shape index (κ1) is 29.4. The van der Waals surface area contributed by atoms with Gasteiger partial charge in [-0.25, -0.2) is 0 Å². The molecule has 5 nitrogen and oxygen atoms in total. The number of carbonyl (C=O) groups excluding carboxylic acids is 2. The molecule has 1 saturated carbocycles. The lowest BCUT2D eigenvalue weighted by atomic mass is 10.0. The number of halogens is 3. The predicted molar refractivity (Wildman–Crippen MR) is 160 cm³/mol. The molecule has 0 heterocycles. The molecule has 206 valence electrons. The molecule has 4 rings (SSSR count). The standard InChI is InChI=1S/C31H33BrCl2N2O3/c1-2-21-15-16-29(25(32)17-21)39-20-30(37)36(19-24-26(33)13-8-14-27(24)34)28(18-22-9-4-3-5-10-22)31(38)35-23-11-6-7-12-23/h3-5,8-10,13-17,23,28H,2,6-7,11-12,18-20H2,1H3,(H,35,38)/t28-/m0/s1. The SMILES string of the molecule is CCc1ccc(OCC(=O)N(Cc2c(Cl)cccc2Cl)[C@@H](Cc2ccccc2)C(=O)NC2CCCC2)c(Br)c1. The number of nitrogens with one attached hydrogen (secondary N) is 1. The molecule has 0 saturated heterocycles. The summed E-state index contributed by atoms with van der Waals surface area (Å²) in [6.45, 7) is 1.91. The zero-order valence-corrected chi connectivity index (χ0v) is 25.1. The van der Waals surface area contributed by atoms with Crippen molar-refractivity contribution in [2.75, 3.05) is 6.61 Å². The van der Waals surface area contributed by atoms with E-state index in [-0.39, 0.29) is 31.0 Å². The van der Waals surface area contributed by atoms with Gasteiger partial charge < -0.3 is 15.0 Å². The van der Waals surface area contributed by atoms with Gasteiger partial charge in [0.1, 0.15) is 11.8 Å². The highest BCUT2D eigenvalue weighted by Crippen LogP contribution is 2.29. The molecule has 0 aromatic heterocycles. The third kappa shape index (κ3) is 8.00. The Morgan fingerprint density at radius 2 is 1.69 bits per heavy atom. The quantitative estimate of drug-likeness (QED) is 0.240. The van der Waals surface area contributed by atoms with Gasteiger partial charge in [-0.3, -0.25) is 9.59 Å². The molecule has 0 spiro atoms. The Labute approximate surface area is 249 Å². The van der Waals surface area contributed by atoms with E-state index >= 15 is 0 Å². The minimum Gasteiger partial charge on any atom is -0.483 e. The van der Waals surface area contributed by atoms with E-state index in [4.69, 9.17) is 27.9 Å². The lowest BCUT2D eigenvalue weighted by Gasteiger charge is -2.32. The number of hydrogen-bond donors (Lipinski definition) is 1. The minimum atomic E-state index is -0.776. The predicted octanol–water partition coefficient (Wildman–Crippen LogP) is 7.40. The first-order valence-corrected chi connectivity index (χ1v) is 14.9. The molecular formula is C31H33BrCl2N2O3. The van der Waals surface area contributed by atoms with Crippen molar-refractivity contribution in [1.29, 1.82) is 0 Å². The molecule has 3 aromatic carbocycles. The molecule has 8 heteroatoms. The molecule has 0 unspecified atom stereocenters. The second-order valence-electron chi connectivity index (χ2n) is 9.82. The summed E-state index contributed by atoms with van der Waals surface area (Å²) in [5.41, 5.74) is 2.70. The third-order valence-corrected chi connectivity index (χ3v) is 8.45. The Balaban J connectivity index is 1.65. The van der Waals surface area contributed by atoms with Crippen molar-refractivity contribution >= 4 is 50.9 Å². The van der Waals surface area contributed by atoms with E-state index in [1.54, 1.807) is 23.1 Å². The monoisotopic (exact) mass is 630 g/mol. The maximum Gasteiger partial charge on any atom is 0.261 e. The van der Waals surface area contributed by atoms with Crippen LogP contribution in [0.4, 0.5) is 0 Å². The fraction of sp³-hybridized carbons (Fsp3) is 0.355. The van der Waals surface area contributed by atoms with E-state index in [1.165, 1.54) is 0 Å². The van der Waals surface area contributed by atoms with E-state index in [1.807, 2.05) is 48.5 Å². The van der Waals surface area contributed by atoms with Crippen LogP contribution in [0.1, 0.15) is 49.3 Å². The van der Waals surface area contributed by atoms with E-state index in [0.29, 0.717) is 27.8 Å². The topological polar surface area (TPSA) is 58.6 Å². The summed E-state index contributed by atoms with van der Waals surface area (Å²) >= 11 is 16.6. The molecule has 1 aliphatic rings. The fourth-order valence-electron chi connectivity index (χ4n) is 4.88. The van der Waals surface area contributed by atoms with Crippen molar-refractivity contribution in [3.05, 3.63) is 97.9 Å². The highest BCUT2D eigenvalue weighted by Gasteiger charge is 2.33. The van der Waals surface area contributed by atoms with Crippen molar-refractivity contribution in [2.45, 2.75) is 64.1 Å². The Hall–Kier alpha value is -2.54. The molecule has 0 bridgehead atoms. The van der Waals surface area contributed by atoms with Gasteiger partial charge in [0.05, 0.1) is 4.47 Å². The van der Waals surface area contributed by atoms with Gasteiger partial charge in [-0.2, -0.15) is 0 Å². The van der Waals surface area contributed by atoms with Crippen molar-refractivity contribution in [3.63, 3.8) is 0 Å². The molecule has 2 amide bonds. The first-order chi connectivity index (χ1) is 18.9. The van der Waals surface area contributed by atoms with Crippen molar-refractivity contribution < 1.29 is 14.3 Å². The average Bonchev–Trinajstić information content (AvgIpc) is 3.44. The van der Waals surface area contributed by atoms with Crippen molar-refractivity contribution in [3.8, 4) is 5.75 Å². The van der Waals surface area contributed by atoms with Crippen LogP contribution >= 0.6 is 39.1 Å². The number of hydrogen-bond acceptors (Lipinski definition) is 3. The molecule has 1 fully saturated rings. The summed E-state index contributed by atoms with van der Waals surface area (Å²) in [5, 5.41) is 4.08. The average molecular weight is 632 g/mol. The number of ether oxygens (including phenoxy) is 1. The van der Waals surface area contributed by atoms with E-state index in [2.05, 4.69) is 28.2 Å². The lowest BCUT2D eigenvalue weighted by molar-refractivity contribution is -0.143. The Morgan fingerprint density at radius 3 is 2.33 bits per heavy atom. The normalized spacial score (nSPS) is 14.2. The Morgan fingerprint density at radius 1 is 1.00 bits per heavy atom. The number of aryl methyl sites for hydroxylation is 1. The van der Waals surface area contributed by atoms with Gasteiger partial charge in [0.2, 0.25) is 5.91 Å². The summed E-state index contributed by atoms with van der Waals surface area (Å²) in [4.78, 5) is 29.2. The van der Waals surface area contributed by atoms with Crippen LogP contribution in [-0.2, 0) is 29.0 Å². The molecule has 1 N–H and O–H groups in total. The summed E-state index contributed by atoms with van der Waals surface area (Å²) in [7, 11) is 0. The molecule has 1 aliphatic carbocycles. The number of benzene rings is 3. The Kier molecular flexibility index (Phi) is 10.7. The van der Waals surface area contributed by atoms with Gasteiger partial charge in [-0.05, 0) is 70.6 Å². The fourth-order valence-corrected chi connectivity index (χ4v) is 5.94. The smallest absolute Gasteiger partial charge is 0.261 e. The molecule has 3 aromatic rings. The maximum atomic E-state index is 13.9. The number of carbonyl (C=O) groups is 2. The molecular weight excluding hydrogens is 599 g/mol. The van der Waals surface area contributed by atoms with Crippen LogP contribution in [0.2, 0.25) is 10.0 Å². The highest BCUT2D eigenvalue weighted by molar-refractivity contribution is 9.10. The summed E-state index contributed by atoms with van der Waals surface area (Å²) < 4.78 is 6.73. The largest absolute Gasteiger partial charge is 0.483 e. The summed E-state index contributed by atoms with van der Waals surface area (Å²) in [6.07, 6.45) is 5.30. The maximum absolute atomic E-state index is 13.9. The van der Waals surface area contributed by atoms with Gasteiger partial charge in [-0.15, -0.1) is 0 Å². The van der Waals surface area contributed by atoms with Gasteiger partial charge in [0.15, 0.2) is 6.61 Å². The zero-order chi connectivity index (χ0) is 27.8. The summed E-state index contributed by atoms with van der Waals surface area (Å²) in [5.74, 6) is 0.0435. The van der Waals surface area contributed by atoms with E-state index < -0.39 is 6.04 Å². The molecule has 1 atom stereocenters. The second-order valence-corrected chi connectivity index (χ2v) is 11.5. The zero-order valence-electron chi connectivity index (χ0n) is 22.0. The van der Waals surface area contributed by atoms with Crippen LogP contribution in [0.15, 0.2) is 71.2 Å². The Bertz CT molecular complexity index is 1260. The highest BCUT2D eigenvalue weighted by atomic mass is 79.9. The molecule has 39 heavy (non-hydrogen) atoms. The number of amides is 2. The van der Waals surface area contributed by atoms with Crippen LogP contribution in [0.25, 0.3) is 0 Å². The molecule has 0 radical (unpaired) electrons. The first-order valence-electron chi connectivity index (χ1n) is 13.3. The van der Waals surface area contributed by atoms with Crippen molar-refractivity contribution in [2.24, 2.45) is 0 Å². The van der Waals surface area contributed by atoms with Gasteiger partial charge >= 0.3 is 0 Å². The van der Waals surface area contributed by atoms with E-state index in [9.17, 15) is 9.59 Å².